The summed E-state index contributed by atoms with van der Waals surface area (Å²) in [5.74, 6) is 1.10. The van der Waals surface area contributed by atoms with Crippen molar-refractivity contribution in [2.45, 2.75) is 49.4 Å². The molecule has 1 aromatic carbocycles. The van der Waals surface area contributed by atoms with Gasteiger partial charge >= 0.3 is 6.03 Å². The molecule has 2 aliphatic rings. The molecular weight excluding hydrogens is 336 g/mol. The molecule has 2 aliphatic heterocycles. The number of amides is 3. The van der Waals surface area contributed by atoms with Crippen molar-refractivity contribution in [1.82, 2.24) is 16.0 Å². The highest BCUT2D eigenvalue weighted by Gasteiger charge is 2.42. The lowest BCUT2D eigenvalue weighted by molar-refractivity contribution is -0.121. The van der Waals surface area contributed by atoms with Crippen molar-refractivity contribution in [2.24, 2.45) is 0 Å². The number of thioether (sulfide) groups is 1. The second-order valence-corrected chi connectivity index (χ2v) is 7.98. The molecule has 0 saturated carbocycles. The average molecular weight is 362 g/mol. The van der Waals surface area contributed by atoms with Crippen LogP contribution in [0, 0.1) is 0 Å². The molecule has 136 valence electrons. The molecule has 0 radical (unpaired) electrons. The third-order valence-electron chi connectivity index (χ3n) is 4.80. The first-order valence-corrected chi connectivity index (χ1v) is 9.96. The van der Waals surface area contributed by atoms with Gasteiger partial charge in [0.05, 0.1) is 12.1 Å². The number of nitrogens with two attached hydrogens (primary N) is 1. The molecule has 3 atom stereocenters. The van der Waals surface area contributed by atoms with E-state index in [9.17, 15) is 9.59 Å². The van der Waals surface area contributed by atoms with Gasteiger partial charge in [-0.15, -0.1) is 0 Å². The Bertz CT molecular complexity index is 608. The first-order valence-electron chi connectivity index (χ1n) is 8.91. The van der Waals surface area contributed by atoms with E-state index in [1.807, 2.05) is 36.0 Å². The van der Waals surface area contributed by atoms with Crippen LogP contribution in [0.1, 0.15) is 31.2 Å². The third kappa shape index (κ3) is 5.04. The highest BCUT2D eigenvalue weighted by atomic mass is 32.2. The number of carbonyl (C=O) groups is 2. The van der Waals surface area contributed by atoms with Gasteiger partial charge < -0.3 is 21.7 Å². The number of hydrogen-bond donors (Lipinski definition) is 4. The first kappa shape index (κ1) is 17.9. The van der Waals surface area contributed by atoms with Crippen LogP contribution in [0.15, 0.2) is 24.3 Å². The highest BCUT2D eigenvalue weighted by molar-refractivity contribution is 8.00. The normalized spacial score (nSPS) is 24.5. The number of hydrogen-bond acceptors (Lipinski definition) is 4. The molecule has 6 nitrogen and oxygen atoms in total. The van der Waals surface area contributed by atoms with Crippen molar-refractivity contribution in [2.75, 3.05) is 18.0 Å². The SMILES string of the molecule is Nc1ccc(CCNC(=O)CCCC[C@@H]2SC[C@@H]3NC(=O)N[C@@H]32)cc1. The van der Waals surface area contributed by atoms with E-state index >= 15 is 0 Å². The van der Waals surface area contributed by atoms with Crippen molar-refractivity contribution in [1.29, 1.82) is 0 Å². The van der Waals surface area contributed by atoms with Gasteiger partial charge in [0.1, 0.15) is 0 Å². The van der Waals surface area contributed by atoms with E-state index in [1.165, 1.54) is 5.56 Å². The maximum atomic E-state index is 11.9. The lowest BCUT2D eigenvalue weighted by Crippen LogP contribution is -2.36. The van der Waals surface area contributed by atoms with Crippen LogP contribution >= 0.6 is 11.8 Å². The Hall–Kier alpha value is -1.89. The summed E-state index contributed by atoms with van der Waals surface area (Å²) in [4.78, 5) is 23.3. The highest BCUT2D eigenvalue weighted by Crippen LogP contribution is 2.33. The Kier molecular flexibility index (Phi) is 6.07. The van der Waals surface area contributed by atoms with Crippen molar-refractivity contribution in [3.63, 3.8) is 0 Å². The number of rotatable bonds is 8. The molecule has 25 heavy (non-hydrogen) atoms. The van der Waals surface area contributed by atoms with Gasteiger partial charge in [-0.1, -0.05) is 18.6 Å². The van der Waals surface area contributed by atoms with Crippen LogP contribution in [-0.2, 0) is 11.2 Å². The predicted octanol–water partition coefficient (Wildman–Crippen LogP) is 1.65. The molecular formula is C18H26N4O2S. The molecule has 3 rings (SSSR count). The zero-order chi connectivity index (χ0) is 17.6. The summed E-state index contributed by atoms with van der Waals surface area (Å²) < 4.78 is 0. The number of nitrogen functional groups attached to an aromatic ring is 1. The minimum absolute atomic E-state index is 0.0409. The molecule has 0 aliphatic carbocycles. The van der Waals surface area contributed by atoms with Crippen molar-refractivity contribution >= 4 is 29.4 Å². The second kappa shape index (κ2) is 8.47. The fraction of sp³-hybridized carbons (Fsp3) is 0.556. The van der Waals surface area contributed by atoms with Gasteiger partial charge in [-0.05, 0) is 37.0 Å². The average Bonchev–Trinajstić information content (AvgIpc) is 3.13. The summed E-state index contributed by atoms with van der Waals surface area (Å²) in [7, 11) is 0. The van der Waals surface area contributed by atoms with Gasteiger partial charge in [0, 0.05) is 29.7 Å². The molecule has 0 spiro atoms. The van der Waals surface area contributed by atoms with Gasteiger partial charge in [-0.3, -0.25) is 4.79 Å². The van der Waals surface area contributed by atoms with Crippen molar-refractivity contribution in [3.05, 3.63) is 29.8 Å². The van der Waals surface area contributed by atoms with E-state index in [0.29, 0.717) is 18.2 Å². The lowest BCUT2D eigenvalue weighted by Gasteiger charge is -2.16. The van der Waals surface area contributed by atoms with Gasteiger partial charge in [0.15, 0.2) is 0 Å². The topological polar surface area (TPSA) is 96.2 Å². The standard InChI is InChI=1S/C18H26N4O2S/c19-13-7-5-12(6-8-13)9-10-20-16(23)4-2-1-3-15-17-14(11-25-15)21-18(24)22-17/h5-8,14-15,17H,1-4,9-11,19H2,(H,20,23)(H2,21,22,24)/t14-,15-,17-/m0/s1. The number of carbonyl (C=O) groups excluding carboxylic acids is 2. The van der Waals surface area contributed by atoms with Crippen LogP contribution in [0.5, 0.6) is 0 Å². The minimum atomic E-state index is -0.0409. The van der Waals surface area contributed by atoms with Crippen LogP contribution < -0.4 is 21.7 Å². The quantitative estimate of drug-likeness (QED) is 0.321. The number of urea groups is 1. The maximum Gasteiger partial charge on any atom is 0.315 e. The zero-order valence-electron chi connectivity index (χ0n) is 14.3. The molecule has 2 saturated heterocycles. The van der Waals surface area contributed by atoms with E-state index in [-0.39, 0.29) is 24.0 Å². The molecule has 0 aromatic heterocycles. The molecule has 7 heteroatoms. The summed E-state index contributed by atoms with van der Waals surface area (Å²) in [6.07, 6.45) is 4.34. The number of fused-ring (bicyclic) bond motifs is 1. The van der Waals surface area contributed by atoms with Crippen molar-refractivity contribution < 1.29 is 9.59 Å². The van der Waals surface area contributed by atoms with Gasteiger partial charge in [-0.25, -0.2) is 4.79 Å². The largest absolute Gasteiger partial charge is 0.399 e. The molecule has 0 unspecified atom stereocenters. The molecule has 0 bridgehead atoms. The smallest absolute Gasteiger partial charge is 0.315 e. The van der Waals surface area contributed by atoms with Crippen LogP contribution in [-0.4, -0.2) is 41.6 Å². The summed E-state index contributed by atoms with van der Waals surface area (Å²) >= 11 is 1.92. The fourth-order valence-corrected chi connectivity index (χ4v) is 4.94. The Morgan fingerprint density at radius 2 is 2.04 bits per heavy atom. The monoisotopic (exact) mass is 362 g/mol. The molecule has 2 heterocycles. The van der Waals surface area contributed by atoms with Crippen LogP contribution in [0.4, 0.5) is 10.5 Å². The Morgan fingerprint density at radius 3 is 2.84 bits per heavy atom. The first-order chi connectivity index (χ1) is 12.1. The number of nitrogens with one attached hydrogen (secondary N) is 3. The zero-order valence-corrected chi connectivity index (χ0v) is 15.1. The second-order valence-electron chi connectivity index (χ2n) is 6.71. The lowest BCUT2D eigenvalue weighted by atomic mass is 10.0. The van der Waals surface area contributed by atoms with Gasteiger partial charge in [0.2, 0.25) is 5.91 Å². The van der Waals surface area contributed by atoms with Crippen LogP contribution in [0.25, 0.3) is 0 Å². The maximum absolute atomic E-state index is 11.9. The molecule has 2 fully saturated rings. The van der Waals surface area contributed by atoms with Gasteiger partial charge in [0.25, 0.3) is 0 Å². The summed E-state index contributed by atoms with van der Waals surface area (Å²) in [6, 6.07) is 8.23. The Morgan fingerprint density at radius 1 is 1.24 bits per heavy atom. The number of benzene rings is 1. The molecule has 1 aromatic rings. The summed E-state index contributed by atoms with van der Waals surface area (Å²) in [6.45, 7) is 0.655. The Balaban J connectivity index is 1.26. The molecule has 3 amide bonds. The van der Waals surface area contributed by atoms with E-state index < -0.39 is 0 Å². The van der Waals surface area contributed by atoms with E-state index in [4.69, 9.17) is 5.73 Å². The number of anilines is 1. The van der Waals surface area contributed by atoms with Crippen LogP contribution in [0.3, 0.4) is 0 Å². The minimum Gasteiger partial charge on any atom is -0.399 e. The van der Waals surface area contributed by atoms with E-state index in [0.717, 1.165) is 37.1 Å². The van der Waals surface area contributed by atoms with E-state index in [2.05, 4.69) is 16.0 Å². The third-order valence-corrected chi connectivity index (χ3v) is 6.30. The van der Waals surface area contributed by atoms with Gasteiger partial charge in [-0.2, -0.15) is 11.8 Å². The Labute approximate surface area is 152 Å². The van der Waals surface area contributed by atoms with E-state index in [1.54, 1.807) is 0 Å². The molecule has 5 N–H and O–H groups in total. The van der Waals surface area contributed by atoms with Crippen molar-refractivity contribution in [3.8, 4) is 0 Å². The predicted molar refractivity (Wildman–Crippen MR) is 102 cm³/mol. The summed E-state index contributed by atoms with van der Waals surface area (Å²) in [5, 5.41) is 9.40. The van der Waals surface area contributed by atoms with Crippen LogP contribution in [0.2, 0.25) is 0 Å². The fourth-order valence-electron chi connectivity index (χ4n) is 3.39. The number of unbranched alkanes of at least 4 members (excludes halogenated alkanes) is 1. The summed E-state index contributed by atoms with van der Waals surface area (Å²) in [5.41, 5.74) is 7.59.